The molecule has 0 amide bonds. The third-order valence-electron chi connectivity index (χ3n) is 2.39. The predicted molar refractivity (Wildman–Crippen MR) is 63.0 cm³/mol. The number of para-hydroxylation sites is 1. The van der Waals surface area contributed by atoms with Crippen molar-refractivity contribution in [1.82, 2.24) is 4.98 Å². The molecule has 1 aromatic carbocycles. The van der Waals surface area contributed by atoms with E-state index in [4.69, 9.17) is 5.11 Å². The molecule has 2 rings (SSSR count). The molecule has 82 valence electrons. The van der Waals surface area contributed by atoms with Gasteiger partial charge in [0.15, 0.2) is 0 Å². The lowest BCUT2D eigenvalue weighted by Gasteiger charge is -2.13. The summed E-state index contributed by atoms with van der Waals surface area (Å²) in [6.07, 6.45) is 0. The summed E-state index contributed by atoms with van der Waals surface area (Å²) < 4.78 is 0. The summed E-state index contributed by atoms with van der Waals surface area (Å²) in [7, 11) is 3.67. The second kappa shape index (κ2) is 3.81. The molecule has 0 bridgehead atoms. The number of fused-ring (bicyclic) bond motifs is 1. The molecular formula is C12H12N2O2. The van der Waals surface area contributed by atoms with Crippen molar-refractivity contribution in [1.29, 1.82) is 0 Å². The quantitative estimate of drug-likeness (QED) is 0.834. The average molecular weight is 216 g/mol. The molecule has 0 aliphatic heterocycles. The molecule has 4 nitrogen and oxygen atoms in total. The van der Waals surface area contributed by atoms with Gasteiger partial charge in [-0.3, -0.25) is 0 Å². The first kappa shape index (κ1) is 10.4. The average Bonchev–Trinajstić information content (AvgIpc) is 2.27. The van der Waals surface area contributed by atoms with Gasteiger partial charge in [-0.05, 0) is 12.1 Å². The van der Waals surface area contributed by atoms with Gasteiger partial charge in [-0.1, -0.05) is 18.2 Å². The monoisotopic (exact) mass is 216 g/mol. The summed E-state index contributed by atoms with van der Waals surface area (Å²) in [5, 5.41) is 9.81. The lowest BCUT2D eigenvalue weighted by Crippen LogP contribution is -2.12. The molecule has 16 heavy (non-hydrogen) atoms. The second-order valence-electron chi connectivity index (χ2n) is 3.74. The van der Waals surface area contributed by atoms with Gasteiger partial charge in [-0.15, -0.1) is 0 Å². The van der Waals surface area contributed by atoms with Crippen LogP contribution in [0, 0.1) is 0 Å². The number of nitrogens with zero attached hydrogens (tertiary/aromatic N) is 2. The second-order valence-corrected chi connectivity index (χ2v) is 3.74. The largest absolute Gasteiger partial charge is 0.478 e. The van der Waals surface area contributed by atoms with E-state index >= 15 is 0 Å². The summed E-state index contributed by atoms with van der Waals surface area (Å²) >= 11 is 0. The number of rotatable bonds is 2. The number of carboxylic acid groups (broad SMARTS) is 1. The van der Waals surface area contributed by atoms with Gasteiger partial charge in [0.25, 0.3) is 0 Å². The highest BCUT2D eigenvalue weighted by molar-refractivity contribution is 6.03. The van der Waals surface area contributed by atoms with Crippen molar-refractivity contribution in [3.63, 3.8) is 0 Å². The highest BCUT2D eigenvalue weighted by atomic mass is 16.4. The molecule has 0 saturated carbocycles. The SMILES string of the molecule is CN(C)c1cc(C(=O)O)c2ccccc2n1. The van der Waals surface area contributed by atoms with Crippen LogP contribution >= 0.6 is 0 Å². The van der Waals surface area contributed by atoms with Crippen molar-refractivity contribution >= 4 is 22.7 Å². The van der Waals surface area contributed by atoms with Crippen LogP contribution in [0.25, 0.3) is 10.9 Å². The number of aromatic nitrogens is 1. The fourth-order valence-electron chi connectivity index (χ4n) is 1.57. The minimum Gasteiger partial charge on any atom is -0.478 e. The fourth-order valence-corrected chi connectivity index (χ4v) is 1.57. The van der Waals surface area contributed by atoms with E-state index in [-0.39, 0.29) is 5.56 Å². The molecule has 0 aliphatic rings. The standard InChI is InChI=1S/C12H12N2O2/c1-14(2)11-7-9(12(15)16)8-5-3-4-6-10(8)13-11/h3-7H,1-2H3,(H,15,16). The van der Waals surface area contributed by atoms with Crippen molar-refractivity contribution < 1.29 is 9.90 Å². The first-order valence-electron chi connectivity index (χ1n) is 4.90. The van der Waals surface area contributed by atoms with Crippen LogP contribution < -0.4 is 4.90 Å². The Balaban J connectivity index is 2.79. The van der Waals surface area contributed by atoms with Gasteiger partial charge in [0, 0.05) is 19.5 Å². The highest BCUT2D eigenvalue weighted by Crippen LogP contribution is 2.21. The van der Waals surface area contributed by atoms with Crippen molar-refractivity contribution in [2.45, 2.75) is 0 Å². The number of carbonyl (C=O) groups is 1. The van der Waals surface area contributed by atoms with Gasteiger partial charge in [-0.25, -0.2) is 9.78 Å². The number of pyridine rings is 1. The van der Waals surface area contributed by atoms with Gasteiger partial charge < -0.3 is 10.0 Å². The number of anilines is 1. The molecule has 0 unspecified atom stereocenters. The number of carboxylic acids is 1. The summed E-state index contributed by atoms with van der Waals surface area (Å²) in [5.41, 5.74) is 0.986. The first-order valence-corrected chi connectivity index (χ1v) is 4.90. The molecule has 1 heterocycles. The van der Waals surface area contributed by atoms with Crippen LogP contribution in [0.3, 0.4) is 0 Å². The molecule has 2 aromatic rings. The highest BCUT2D eigenvalue weighted by Gasteiger charge is 2.11. The van der Waals surface area contributed by atoms with Gasteiger partial charge in [0.1, 0.15) is 5.82 Å². The van der Waals surface area contributed by atoms with Crippen LogP contribution in [-0.2, 0) is 0 Å². The Bertz CT molecular complexity index is 550. The van der Waals surface area contributed by atoms with E-state index in [2.05, 4.69) is 4.98 Å². The lowest BCUT2D eigenvalue weighted by molar-refractivity contribution is 0.0699. The first-order chi connectivity index (χ1) is 7.59. The summed E-state index contributed by atoms with van der Waals surface area (Å²) in [4.78, 5) is 17.3. The van der Waals surface area contributed by atoms with Crippen LogP contribution in [0.4, 0.5) is 5.82 Å². The van der Waals surface area contributed by atoms with Crippen molar-refractivity contribution in [3.8, 4) is 0 Å². The maximum absolute atomic E-state index is 11.1. The number of aromatic carboxylic acids is 1. The Hall–Kier alpha value is -2.10. The van der Waals surface area contributed by atoms with E-state index in [0.717, 1.165) is 0 Å². The Morgan fingerprint density at radius 3 is 2.62 bits per heavy atom. The Morgan fingerprint density at radius 1 is 1.31 bits per heavy atom. The van der Waals surface area contributed by atoms with Crippen LogP contribution in [-0.4, -0.2) is 30.2 Å². The zero-order valence-electron chi connectivity index (χ0n) is 9.14. The maximum Gasteiger partial charge on any atom is 0.336 e. The van der Waals surface area contributed by atoms with E-state index in [1.54, 1.807) is 17.0 Å². The summed E-state index contributed by atoms with van der Waals surface area (Å²) in [5.74, 6) is -0.280. The van der Waals surface area contributed by atoms with E-state index in [9.17, 15) is 4.79 Å². The van der Waals surface area contributed by atoms with Crippen LogP contribution in [0.5, 0.6) is 0 Å². The van der Waals surface area contributed by atoms with E-state index < -0.39 is 5.97 Å². The Morgan fingerprint density at radius 2 is 2.00 bits per heavy atom. The van der Waals surface area contributed by atoms with Crippen molar-refractivity contribution in [2.24, 2.45) is 0 Å². The molecular weight excluding hydrogens is 204 g/mol. The van der Waals surface area contributed by atoms with E-state index in [1.807, 2.05) is 32.3 Å². The number of hydrogen-bond donors (Lipinski definition) is 1. The van der Waals surface area contributed by atoms with E-state index in [1.165, 1.54) is 0 Å². The van der Waals surface area contributed by atoms with Gasteiger partial charge >= 0.3 is 5.97 Å². The van der Waals surface area contributed by atoms with Crippen LogP contribution in [0.15, 0.2) is 30.3 Å². The molecule has 0 aliphatic carbocycles. The molecule has 0 fully saturated rings. The van der Waals surface area contributed by atoms with Gasteiger partial charge in [0.05, 0.1) is 11.1 Å². The molecule has 1 N–H and O–H groups in total. The van der Waals surface area contributed by atoms with Crippen LogP contribution in [0.2, 0.25) is 0 Å². The van der Waals surface area contributed by atoms with Gasteiger partial charge in [-0.2, -0.15) is 0 Å². The fraction of sp³-hybridized carbons (Fsp3) is 0.167. The number of benzene rings is 1. The minimum atomic E-state index is -0.929. The Labute approximate surface area is 93.1 Å². The molecule has 1 aromatic heterocycles. The van der Waals surface area contributed by atoms with E-state index in [0.29, 0.717) is 16.7 Å². The maximum atomic E-state index is 11.1. The molecule has 0 saturated heterocycles. The lowest BCUT2D eigenvalue weighted by atomic mass is 10.1. The molecule has 0 spiro atoms. The Kier molecular flexibility index (Phi) is 2.48. The predicted octanol–water partition coefficient (Wildman–Crippen LogP) is 2.00. The number of hydrogen-bond acceptors (Lipinski definition) is 3. The normalized spacial score (nSPS) is 10.4. The summed E-state index contributed by atoms with van der Waals surface area (Å²) in [6, 6.07) is 8.83. The molecule has 4 heteroatoms. The minimum absolute atomic E-state index is 0.286. The molecule has 0 radical (unpaired) electrons. The van der Waals surface area contributed by atoms with Crippen molar-refractivity contribution in [3.05, 3.63) is 35.9 Å². The third kappa shape index (κ3) is 1.69. The summed E-state index contributed by atoms with van der Waals surface area (Å²) in [6.45, 7) is 0. The molecule has 0 atom stereocenters. The van der Waals surface area contributed by atoms with Crippen LogP contribution in [0.1, 0.15) is 10.4 Å². The third-order valence-corrected chi connectivity index (χ3v) is 2.39. The van der Waals surface area contributed by atoms with Crippen molar-refractivity contribution in [2.75, 3.05) is 19.0 Å². The zero-order chi connectivity index (χ0) is 11.7. The topological polar surface area (TPSA) is 53.4 Å². The smallest absolute Gasteiger partial charge is 0.336 e. The zero-order valence-corrected chi connectivity index (χ0v) is 9.14. The van der Waals surface area contributed by atoms with Gasteiger partial charge in [0.2, 0.25) is 0 Å².